The van der Waals surface area contributed by atoms with Gasteiger partial charge in [0.1, 0.15) is 5.69 Å². The Morgan fingerprint density at radius 1 is 1.07 bits per heavy atom. The van der Waals surface area contributed by atoms with Gasteiger partial charge in [0, 0.05) is 18.1 Å². The number of carbonyl (C=O) groups is 1. The molecule has 1 heterocycles. The lowest BCUT2D eigenvalue weighted by atomic mass is 10.1. The lowest BCUT2D eigenvalue weighted by Gasteiger charge is -2.20. The van der Waals surface area contributed by atoms with Gasteiger partial charge in [0.2, 0.25) is 5.91 Å². The van der Waals surface area contributed by atoms with Gasteiger partial charge >= 0.3 is 0 Å². The molecule has 0 spiro atoms. The number of anilines is 1. The highest BCUT2D eigenvalue weighted by molar-refractivity contribution is 6.30. The molecule has 152 valence electrons. The first kappa shape index (κ1) is 20.9. The zero-order chi connectivity index (χ0) is 21.1. The van der Waals surface area contributed by atoms with Gasteiger partial charge in [0.05, 0.1) is 17.4 Å². The number of hydrogen-bond donors (Lipinski definition) is 2. The molecule has 3 rings (SSSR count). The monoisotopic (exact) mass is 412 g/mol. The van der Waals surface area contributed by atoms with Gasteiger partial charge in [-0.05, 0) is 50.6 Å². The Bertz CT molecular complexity index is 1070. The van der Waals surface area contributed by atoms with E-state index in [1.165, 1.54) is 4.68 Å². The van der Waals surface area contributed by atoms with Gasteiger partial charge in [-0.1, -0.05) is 41.9 Å². The maximum atomic E-state index is 12.9. The lowest BCUT2D eigenvalue weighted by molar-refractivity contribution is -0.117. The normalized spacial score (nSPS) is 13.1. The van der Waals surface area contributed by atoms with Crippen LogP contribution in [0.2, 0.25) is 5.02 Å². The van der Waals surface area contributed by atoms with E-state index in [9.17, 15) is 9.59 Å². The van der Waals surface area contributed by atoms with Crippen LogP contribution in [0.25, 0.3) is 5.69 Å². The second-order valence-electron chi connectivity index (χ2n) is 7.09. The molecule has 0 bridgehead atoms. The molecule has 6 nitrogen and oxygen atoms in total. The molecule has 2 unspecified atom stereocenters. The highest BCUT2D eigenvalue weighted by atomic mass is 35.5. The average molecular weight is 413 g/mol. The van der Waals surface area contributed by atoms with Crippen molar-refractivity contribution < 1.29 is 4.79 Å². The SMILES string of the molecule is Cc1c(NC(=O)C(C)NC(C)c2cccc(Cl)c2)c(=O)n(-c2ccccc2)n1C. The fourth-order valence-corrected chi connectivity index (χ4v) is 3.47. The molecular weight excluding hydrogens is 388 g/mol. The van der Waals surface area contributed by atoms with Gasteiger partial charge in [0.25, 0.3) is 5.56 Å². The molecule has 0 aliphatic carbocycles. The summed E-state index contributed by atoms with van der Waals surface area (Å²) in [6, 6.07) is 16.2. The summed E-state index contributed by atoms with van der Waals surface area (Å²) in [4.78, 5) is 25.7. The Morgan fingerprint density at radius 2 is 1.76 bits per heavy atom. The molecular formula is C22H25ClN4O2. The Hall–Kier alpha value is -2.83. The summed E-state index contributed by atoms with van der Waals surface area (Å²) in [5.41, 5.74) is 2.43. The lowest BCUT2D eigenvalue weighted by Crippen LogP contribution is -2.40. The number of carbonyl (C=O) groups excluding carboxylic acids is 1. The van der Waals surface area contributed by atoms with Crippen molar-refractivity contribution in [1.82, 2.24) is 14.7 Å². The van der Waals surface area contributed by atoms with Crippen LogP contribution in [0.5, 0.6) is 0 Å². The Kier molecular flexibility index (Phi) is 6.25. The molecule has 0 aliphatic heterocycles. The first-order chi connectivity index (χ1) is 13.8. The van der Waals surface area contributed by atoms with Crippen LogP contribution < -0.4 is 16.2 Å². The van der Waals surface area contributed by atoms with Crippen LogP contribution in [0, 0.1) is 6.92 Å². The summed E-state index contributed by atoms with van der Waals surface area (Å²) in [6.07, 6.45) is 0. The highest BCUT2D eigenvalue weighted by Crippen LogP contribution is 2.18. The van der Waals surface area contributed by atoms with Crippen molar-refractivity contribution in [3.05, 3.63) is 81.2 Å². The van der Waals surface area contributed by atoms with E-state index >= 15 is 0 Å². The predicted molar refractivity (Wildman–Crippen MR) is 117 cm³/mol. The van der Waals surface area contributed by atoms with Crippen molar-refractivity contribution in [1.29, 1.82) is 0 Å². The van der Waals surface area contributed by atoms with Crippen molar-refractivity contribution in [3.8, 4) is 5.69 Å². The number of nitrogens with zero attached hydrogens (tertiary/aromatic N) is 2. The largest absolute Gasteiger partial charge is 0.319 e. The molecule has 7 heteroatoms. The number of nitrogens with one attached hydrogen (secondary N) is 2. The topological polar surface area (TPSA) is 68.1 Å². The van der Waals surface area contributed by atoms with Crippen LogP contribution in [0.1, 0.15) is 31.1 Å². The van der Waals surface area contributed by atoms with Crippen LogP contribution in [-0.4, -0.2) is 21.3 Å². The summed E-state index contributed by atoms with van der Waals surface area (Å²) in [5.74, 6) is -0.273. The van der Waals surface area contributed by atoms with Gasteiger partial charge in [-0.3, -0.25) is 19.6 Å². The van der Waals surface area contributed by atoms with E-state index in [0.717, 1.165) is 11.3 Å². The van der Waals surface area contributed by atoms with Gasteiger partial charge in [-0.15, -0.1) is 0 Å². The van der Waals surface area contributed by atoms with E-state index in [4.69, 9.17) is 11.6 Å². The van der Waals surface area contributed by atoms with Gasteiger partial charge in [0.15, 0.2) is 0 Å². The van der Waals surface area contributed by atoms with Crippen molar-refractivity contribution >= 4 is 23.2 Å². The number of amides is 1. The van der Waals surface area contributed by atoms with Gasteiger partial charge in [-0.25, -0.2) is 4.68 Å². The van der Waals surface area contributed by atoms with Crippen molar-refractivity contribution in [2.24, 2.45) is 7.05 Å². The zero-order valence-corrected chi connectivity index (χ0v) is 17.7. The highest BCUT2D eigenvalue weighted by Gasteiger charge is 2.22. The summed E-state index contributed by atoms with van der Waals surface area (Å²) in [6.45, 7) is 5.54. The summed E-state index contributed by atoms with van der Waals surface area (Å²) < 4.78 is 3.28. The second kappa shape index (κ2) is 8.68. The van der Waals surface area contributed by atoms with Crippen molar-refractivity contribution in [3.63, 3.8) is 0 Å². The minimum absolute atomic E-state index is 0.0766. The number of aromatic nitrogens is 2. The van der Waals surface area contributed by atoms with Crippen molar-refractivity contribution in [2.45, 2.75) is 32.9 Å². The van der Waals surface area contributed by atoms with E-state index in [1.54, 1.807) is 18.7 Å². The fraction of sp³-hybridized carbons (Fsp3) is 0.273. The van der Waals surface area contributed by atoms with E-state index < -0.39 is 6.04 Å². The molecule has 1 aromatic heterocycles. The van der Waals surface area contributed by atoms with Crippen LogP contribution in [0.3, 0.4) is 0 Å². The number of benzene rings is 2. The summed E-state index contributed by atoms with van der Waals surface area (Å²) >= 11 is 6.05. The molecule has 0 saturated heterocycles. The summed E-state index contributed by atoms with van der Waals surface area (Å²) in [5, 5.41) is 6.69. The Balaban J connectivity index is 1.78. The third kappa shape index (κ3) is 4.44. The molecule has 3 aromatic rings. The minimum atomic E-state index is -0.506. The third-order valence-corrected chi connectivity index (χ3v) is 5.28. The Morgan fingerprint density at radius 3 is 2.41 bits per heavy atom. The van der Waals surface area contributed by atoms with E-state index in [2.05, 4.69) is 10.6 Å². The van der Waals surface area contributed by atoms with E-state index in [-0.39, 0.29) is 23.2 Å². The first-order valence-corrected chi connectivity index (χ1v) is 9.83. The molecule has 0 aliphatic rings. The molecule has 2 aromatic carbocycles. The maximum Gasteiger partial charge on any atom is 0.295 e. The van der Waals surface area contributed by atoms with Crippen LogP contribution in [-0.2, 0) is 11.8 Å². The molecule has 29 heavy (non-hydrogen) atoms. The van der Waals surface area contributed by atoms with Gasteiger partial charge in [-0.2, -0.15) is 0 Å². The quantitative estimate of drug-likeness (QED) is 0.646. The van der Waals surface area contributed by atoms with Crippen molar-refractivity contribution in [2.75, 3.05) is 5.32 Å². The van der Waals surface area contributed by atoms with Crippen LogP contribution >= 0.6 is 11.6 Å². The average Bonchev–Trinajstić information content (AvgIpc) is 2.91. The first-order valence-electron chi connectivity index (χ1n) is 9.46. The van der Waals surface area contributed by atoms with Crippen LogP contribution in [0.15, 0.2) is 59.4 Å². The molecule has 0 fully saturated rings. The predicted octanol–water partition coefficient (Wildman–Crippen LogP) is 3.82. The van der Waals surface area contributed by atoms with E-state index in [1.807, 2.05) is 68.4 Å². The third-order valence-electron chi connectivity index (χ3n) is 5.04. The fourth-order valence-electron chi connectivity index (χ4n) is 3.27. The maximum absolute atomic E-state index is 12.9. The van der Waals surface area contributed by atoms with E-state index in [0.29, 0.717) is 10.7 Å². The Labute approximate surface area is 175 Å². The molecule has 1 amide bonds. The number of para-hydroxylation sites is 1. The zero-order valence-electron chi connectivity index (χ0n) is 16.9. The smallest absolute Gasteiger partial charge is 0.295 e. The molecule has 0 saturated carbocycles. The molecule has 2 atom stereocenters. The number of hydrogen-bond acceptors (Lipinski definition) is 3. The van der Waals surface area contributed by atoms with Gasteiger partial charge < -0.3 is 5.32 Å². The standard InChI is InChI=1S/C22H25ClN4O2/c1-14(17-9-8-10-18(23)13-17)24-15(2)21(28)25-20-16(3)26(4)27(22(20)29)19-11-6-5-7-12-19/h5-15,24H,1-4H3,(H,25,28). The number of rotatable bonds is 6. The molecule has 2 N–H and O–H groups in total. The van der Waals surface area contributed by atoms with Crippen LogP contribution in [0.4, 0.5) is 5.69 Å². The minimum Gasteiger partial charge on any atom is -0.319 e. The second-order valence-corrected chi connectivity index (χ2v) is 7.53. The molecule has 0 radical (unpaired) electrons. The number of halogens is 1. The summed E-state index contributed by atoms with van der Waals surface area (Å²) in [7, 11) is 1.79.